The third kappa shape index (κ3) is 2.99. The standard InChI is InChI=1S/C13H14N4O4/c1-8-11(17(18)19)12(16-13(14-2)15-8)21-10-7-5-4-6-9(10)20-3/h4-7H,1-3H3,(H,14,15,16). The number of para-hydroxylation sites is 2. The summed E-state index contributed by atoms with van der Waals surface area (Å²) in [5.41, 5.74) is -0.0656. The summed E-state index contributed by atoms with van der Waals surface area (Å²) >= 11 is 0. The summed E-state index contributed by atoms with van der Waals surface area (Å²) in [5.74, 6) is 0.890. The van der Waals surface area contributed by atoms with Crippen molar-refractivity contribution in [2.45, 2.75) is 6.92 Å². The Labute approximate surface area is 120 Å². The van der Waals surface area contributed by atoms with Gasteiger partial charge in [0.05, 0.1) is 12.0 Å². The Morgan fingerprint density at radius 3 is 2.48 bits per heavy atom. The van der Waals surface area contributed by atoms with Crippen LogP contribution in [0.15, 0.2) is 24.3 Å². The van der Waals surface area contributed by atoms with Crippen LogP contribution in [0, 0.1) is 17.0 Å². The maximum atomic E-state index is 11.2. The number of ether oxygens (including phenoxy) is 2. The molecule has 0 aliphatic carbocycles. The minimum atomic E-state index is -0.570. The van der Waals surface area contributed by atoms with Crippen molar-refractivity contribution < 1.29 is 14.4 Å². The van der Waals surface area contributed by atoms with E-state index in [2.05, 4.69) is 15.3 Å². The SMILES string of the molecule is CNc1nc(C)c([N+](=O)[O-])c(Oc2ccccc2OC)n1. The molecule has 8 heteroatoms. The van der Waals surface area contributed by atoms with Crippen molar-refractivity contribution in [3.63, 3.8) is 0 Å². The molecule has 0 aliphatic heterocycles. The van der Waals surface area contributed by atoms with E-state index in [-0.39, 0.29) is 23.2 Å². The number of anilines is 1. The molecule has 0 radical (unpaired) electrons. The molecule has 2 aromatic rings. The van der Waals surface area contributed by atoms with Crippen molar-refractivity contribution in [3.8, 4) is 17.4 Å². The molecular formula is C13H14N4O4. The Bertz CT molecular complexity index is 675. The van der Waals surface area contributed by atoms with Crippen LogP contribution in [0.5, 0.6) is 17.4 Å². The highest BCUT2D eigenvalue weighted by atomic mass is 16.6. The molecule has 0 amide bonds. The molecule has 0 bridgehead atoms. The molecule has 0 unspecified atom stereocenters. The summed E-state index contributed by atoms with van der Waals surface area (Å²) in [4.78, 5) is 18.6. The van der Waals surface area contributed by atoms with Gasteiger partial charge in [0.15, 0.2) is 11.5 Å². The Morgan fingerprint density at radius 1 is 1.24 bits per heavy atom. The average Bonchev–Trinajstić information content (AvgIpc) is 2.46. The van der Waals surface area contributed by atoms with Crippen LogP contribution in [0.4, 0.5) is 11.6 Å². The van der Waals surface area contributed by atoms with Crippen LogP contribution in [-0.2, 0) is 0 Å². The fourth-order valence-electron chi connectivity index (χ4n) is 1.74. The number of methoxy groups -OCH3 is 1. The average molecular weight is 290 g/mol. The van der Waals surface area contributed by atoms with E-state index in [0.717, 1.165) is 0 Å². The van der Waals surface area contributed by atoms with Crippen molar-refractivity contribution in [1.82, 2.24) is 9.97 Å². The molecule has 8 nitrogen and oxygen atoms in total. The largest absolute Gasteiger partial charge is 0.493 e. The second kappa shape index (κ2) is 6.04. The van der Waals surface area contributed by atoms with Gasteiger partial charge in [-0.25, -0.2) is 4.98 Å². The van der Waals surface area contributed by atoms with Crippen LogP contribution in [0.3, 0.4) is 0 Å². The van der Waals surface area contributed by atoms with Crippen LogP contribution in [0.1, 0.15) is 5.69 Å². The number of aromatic nitrogens is 2. The quantitative estimate of drug-likeness (QED) is 0.667. The minimum Gasteiger partial charge on any atom is -0.493 e. The lowest BCUT2D eigenvalue weighted by atomic mass is 10.3. The summed E-state index contributed by atoms with van der Waals surface area (Å²) < 4.78 is 10.7. The smallest absolute Gasteiger partial charge is 0.352 e. The molecule has 2 rings (SSSR count). The molecule has 21 heavy (non-hydrogen) atoms. The van der Waals surface area contributed by atoms with Crippen molar-refractivity contribution in [1.29, 1.82) is 0 Å². The topological polar surface area (TPSA) is 99.4 Å². The van der Waals surface area contributed by atoms with Crippen LogP contribution in [0.2, 0.25) is 0 Å². The Balaban J connectivity index is 2.52. The first-order valence-corrected chi connectivity index (χ1v) is 6.08. The first-order valence-electron chi connectivity index (χ1n) is 6.08. The van der Waals surface area contributed by atoms with Gasteiger partial charge in [-0.3, -0.25) is 10.1 Å². The molecule has 1 N–H and O–H groups in total. The summed E-state index contributed by atoms with van der Waals surface area (Å²) in [5, 5.41) is 13.9. The van der Waals surface area contributed by atoms with Gasteiger partial charge in [0.25, 0.3) is 0 Å². The number of benzene rings is 1. The number of nitrogens with one attached hydrogen (secondary N) is 1. The number of rotatable bonds is 5. The lowest BCUT2D eigenvalue weighted by Crippen LogP contribution is -2.05. The fraction of sp³-hybridized carbons (Fsp3) is 0.231. The number of nitro groups is 1. The highest BCUT2D eigenvalue weighted by Crippen LogP contribution is 2.36. The third-order valence-corrected chi connectivity index (χ3v) is 2.71. The van der Waals surface area contributed by atoms with Crippen molar-refractivity contribution >= 4 is 11.6 Å². The van der Waals surface area contributed by atoms with Crippen LogP contribution >= 0.6 is 0 Å². The molecule has 0 saturated carbocycles. The maximum Gasteiger partial charge on any atom is 0.352 e. The van der Waals surface area contributed by atoms with E-state index in [0.29, 0.717) is 11.5 Å². The van der Waals surface area contributed by atoms with Crippen LogP contribution in [-0.4, -0.2) is 29.0 Å². The van der Waals surface area contributed by atoms with E-state index in [1.54, 1.807) is 31.3 Å². The van der Waals surface area contributed by atoms with Gasteiger partial charge in [0.2, 0.25) is 5.95 Å². The van der Waals surface area contributed by atoms with Crippen molar-refractivity contribution in [3.05, 3.63) is 40.1 Å². The van der Waals surface area contributed by atoms with E-state index < -0.39 is 4.92 Å². The summed E-state index contributed by atoms with van der Waals surface area (Å²) in [6.07, 6.45) is 0. The molecule has 0 atom stereocenters. The number of aryl methyl sites for hydroxylation is 1. The summed E-state index contributed by atoms with van der Waals surface area (Å²) in [7, 11) is 3.11. The van der Waals surface area contributed by atoms with E-state index in [1.165, 1.54) is 14.0 Å². The minimum absolute atomic E-state index is 0.138. The van der Waals surface area contributed by atoms with Crippen LogP contribution in [0.25, 0.3) is 0 Å². The molecule has 1 heterocycles. The highest BCUT2D eigenvalue weighted by Gasteiger charge is 2.24. The lowest BCUT2D eigenvalue weighted by molar-refractivity contribution is -0.386. The second-order valence-corrected chi connectivity index (χ2v) is 4.05. The molecule has 0 aliphatic rings. The molecule has 1 aromatic heterocycles. The zero-order valence-corrected chi connectivity index (χ0v) is 11.8. The van der Waals surface area contributed by atoms with Gasteiger partial charge < -0.3 is 14.8 Å². The molecule has 0 fully saturated rings. The number of hydrogen-bond donors (Lipinski definition) is 1. The van der Waals surface area contributed by atoms with Gasteiger partial charge in [-0.15, -0.1) is 0 Å². The zero-order valence-electron chi connectivity index (χ0n) is 11.8. The third-order valence-electron chi connectivity index (χ3n) is 2.71. The number of hydrogen-bond acceptors (Lipinski definition) is 7. The molecule has 110 valence electrons. The Kier molecular flexibility index (Phi) is 4.17. The monoisotopic (exact) mass is 290 g/mol. The maximum absolute atomic E-state index is 11.2. The Morgan fingerprint density at radius 2 is 1.90 bits per heavy atom. The lowest BCUT2D eigenvalue weighted by Gasteiger charge is -2.11. The predicted molar refractivity (Wildman–Crippen MR) is 76.0 cm³/mol. The summed E-state index contributed by atoms with van der Waals surface area (Å²) in [6, 6.07) is 6.83. The zero-order chi connectivity index (χ0) is 15.4. The molecule has 0 saturated heterocycles. The van der Waals surface area contributed by atoms with Gasteiger partial charge in [-0.2, -0.15) is 4.98 Å². The van der Waals surface area contributed by atoms with E-state index in [1.807, 2.05) is 0 Å². The summed E-state index contributed by atoms with van der Waals surface area (Å²) in [6.45, 7) is 1.52. The van der Waals surface area contributed by atoms with Gasteiger partial charge in [0, 0.05) is 7.05 Å². The normalized spacial score (nSPS) is 10.0. The van der Waals surface area contributed by atoms with E-state index in [9.17, 15) is 10.1 Å². The van der Waals surface area contributed by atoms with Gasteiger partial charge in [-0.1, -0.05) is 12.1 Å². The fourth-order valence-corrected chi connectivity index (χ4v) is 1.74. The van der Waals surface area contributed by atoms with Crippen molar-refractivity contribution in [2.75, 3.05) is 19.5 Å². The first-order chi connectivity index (χ1) is 10.1. The predicted octanol–water partition coefficient (Wildman–Crippen LogP) is 2.54. The number of nitrogens with zero attached hydrogens (tertiary/aromatic N) is 3. The van der Waals surface area contributed by atoms with Gasteiger partial charge in [0.1, 0.15) is 5.69 Å². The second-order valence-electron chi connectivity index (χ2n) is 4.05. The molecule has 0 spiro atoms. The molecular weight excluding hydrogens is 276 g/mol. The Hall–Kier alpha value is -2.90. The first kappa shape index (κ1) is 14.5. The van der Waals surface area contributed by atoms with Crippen molar-refractivity contribution in [2.24, 2.45) is 0 Å². The van der Waals surface area contributed by atoms with E-state index in [4.69, 9.17) is 9.47 Å². The van der Waals surface area contributed by atoms with E-state index >= 15 is 0 Å². The van der Waals surface area contributed by atoms with Gasteiger partial charge in [-0.05, 0) is 19.1 Å². The molecule has 1 aromatic carbocycles. The van der Waals surface area contributed by atoms with Gasteiger partial charge >= 0.3 is 11.6 Å². The highest BCUT2D eigenvalue weighted by molar-refractivity contribution is 5.52. The van der Waals surface area contributed by atoms with Crippen LogP contribution < -0.4 is 14.8 Å².